The van der Waals surface area contributed by atoms with E-state index in [0.717, 1.165) is 28.4 Å². The Morgan fingerprint density at radius 3 is 2.65 bits per heavy atom. The van der Waals surface area contributed by atoms with Crippen LogP contribution in [-0.4, -0.2) is 30.6 Å². The van der Waals surface area contributed by atoms with Gasteiger partial charge in [-0.1, -0.05) is 15.9 Å². The van der Waals surface area contributed by atoms with Gasteiger partial charge in [0, 0.05) is 16.1 Å². The molecule has 0 unspecified atom stereocenters. The molecule has 7 heteroatoms. The van der Waals surface area contributed by atoms with Gasteiger partial charge >= 0.3 is 11.9 Å². The Bertz CT molecular complexity index is 782. The van der Waals surface area contributed by atoms with Gasteiger partial charge in [0.15, 0.2) is 6.61 Å². The first-order valence-corrected chi connectivity index (χ1v) is 9.58. The maximum Gasteiger partial charge on any atom is 0.310 e. The first-order chi connectivity index (χ1) is 12.3. The fourth-order valence-corrected chi connectivity index (χ4v) is 5.00. The van der Waals surface area contributed by atoms with Crippen LogP contribution in [0.2, 0.25) is 0 Å². The van der Waals surface area contributed by atoms with Crippen LogP contribution >= 0.6 is 15.9 Å². The van der Waals surface area contributed by atoms with Gasteiger partial charge in [0.05, 0.1) is 11.8 Å². The summed E-state index contributed by atoms with van der Waals surface area (Å²) in [4.78, 5) is 36.6. The lowest BCUT2D eigenvalue weighted by Crippen LogP contribution is -2.34. The second kappa shape index (κ2) is 6.37. The third kappa shape index (κ3) is 2.82. The maximum atomic E-state index is 12.5. The van der Waals surface area contributed by atoms with Crippen molar-refractivity contribution in [2.75, 3.05) is 11.9 Å². The molecule has 3 fully saturated rings. The van der Waals surface area contributed by atoms with Crippen molar-refractivity contribution in [2.24, 2.45) is 23.7 Å². The lowest BCUT2D eigenvalue weighted by Gasteiger charge is -2.22. The summed E-state index contributed by atoms with van der Waals surface area (Å²) < 4.78 is 11.6. The molecule has 1 aliphatic heterocycles. The molecule has 1 aromatic rings. The lowest BCUT2D eigenvalue weighted by atomic mass is 9.80. The quantitative estimate of drug-likeness (QED) is 0.755. The van der Waals surface area contributed by atoms with Crippen molar-refractivity contribution in [1.29, 1.82) is 0 Å². The van der Waals surface area contributed by atoms with Crippen molar-refractivity contribution in [1.82, 2.24) is 0 Å². The lowest BCUT2D eigenvalue weighted by molar-refractivity contribution is -0.157. The van der Waals surface area contributed by atoms with Gasteiger partial charge in [-0.25, -0.2) is 0 Å². The molecule has 5 atom stereocenters. The SMILES string of the molecule is Cc1cc(NC(=O)COC(=O)[C@@H]2[C@@H]3C[C@@H]4[C@@H]2C(=O)O[C@H]4C3)cc(C)c1Br. The van der Waals surface area contributed by atoms with Gasteiger partial charge in [-0.3, -0.25) is 14.4 Å². The second-order valence-corrected chi connectivity index (χ2v) is 8.30. The molecule has 3 aliphatic rings. The van der Waals surface area contributed by atoms with Crippen molar-refractivity contribution in [2.45, 2.75) is 32.8 Å². The molecule has 1 heterocycles. The molecule has 1 amide bonds. The van der Waals surface area contributed by atoms with E-state index in [-0.39, 0.29) is 36.4 Å². The summed E-state index contributed by atoms with van der Waals surface area (Å²) in [6, 6.07) is 3.70. The number of carbonyl (C=O) groups is 3. The molecule has 0 aromatic heterocycles. The topological polar surface area (TPSA) is 81.7 Å². The fourth-order valence-electron chi connectivity index (χ4n) is 4.77. The number of aryl methyl sites for hydroxylation is 2. The minimum atomic E-state index is -0.462. The molecular weight excluding hydrogens is 402 g/mol. The minimum Gasteiger partial charge on any atom is -0.462 e. The Kier molecular flexibility index (Phi) is 4.29. The van der Waals surface area contributed by atoms with Crippen LogP contribution in [0, 0.1) is 37.5 Å². The average Bonchev–Trinajstić information content (AvgIpc) is 3.19. The van der Waals surface area contributed by atoms with E-state index in [1.807, 2.05) is 26.0 Å². The van der Waals surface area contributed by atoms with Gasteiger partial charge in [-0.15, -0.1) is 0 Å². The van der Waals surface area contributed by atoms with Crippen molar-refractivity contribution in [3.8, 4) is 0 Å². The Morgan fingerprint density at radius 1 is 1.27 bits per heavy atom. The van der Waals surface area contributed by atoms with Gasteiger partial charge in [0.1, 0.15) is 6.10 Å². The molecule has 2 saturated carbocycles. The predicted octanol–water partition coefficient (Wildman–Crippen LogP) is 2.75. The van der Waals surface area contributed by atoms with E-state index >= 15 is 0 Å². The van der Waals surface area contributed by atoms with E-state index in [0.29, 0.717) is 5.69 Å². The number of halogens is 1. The number of hydrogen-bond donors (Lipinski definition) is 1. The van der Waals surface area contributed by atoms with Crippen molar-refractivity contribution in [3.63, 3.8) is 0 Å². The Hall–Kier alpha value is -1.89. The Morgan fingerprint density at radius 2 is 1.96 bits per heavy atom. The van der Waals surface area contributed by atoms with E-state index < -0.39 is 17.8 Å². The number of nitrogens with one attached hydrogen (secondary N) is 1. The summed E-state index contributed by atoms with van der Waals surface area (Å²) in [5.74, 6) is -1.71. The first-order valence-electron chi connectivity index (χ1n) is 8.79. The van der Waals surface area contributed by atoms with Gasteiger partial charge in [-0.2, -0.15) is 0 Å². The van der Waals surface area contributed by atoms with E-state index in [9.17, 15) is 14.4 Å². The van der Waals surface area contributed by atoms with Crippen LogP contribution in [0.25, 0.3) is 0 Å². The van der Waals surface area contributed by atoms with Crippen LogP contribution in [-0.2, 0) is 23.9 Å². The predicted molar refractivity (Wildman–Crippen MR) is 96.3 cm³/mol. The third-order valence-electron chi connectivity index (χ3n) is 5.82. The second-order valence-electron chi connectivity index (χ2n) is 7.50. The summed E-state index contributed by atoms with van der Waals surface area (Å²) in [6.45, 7) is 3.53. The smallest absolute Gasteiger partial charge is 0.310 e. The molecule has 2 aliphatic carbocycles. The zero-order valence-electron chi connectivity index (χ0n) is 14.6. The molecule has 1 aromatic carbocycles. The summed E-state index contributed by atoms with van der Waals surface area (Å²) in [7, 11) is 0. The first kappa shape index (κ1) is 17.5. The molecule has 138 valence electrons. The normalized spacial score (nSPS) is 31.0. The van der Waals surface area contributed by atoms with Crippen LogP contribution in [0.1, 0.15) is 24.0 Å². The van der Waals surface area contributed by atoms with Gasteiger partial charge in [0.2, 0.25) is 0 Å². The summed E-state index contributed by atoms with van der Waals surface area (Å²) >= 11 is 3.48. The maximum absolute atomic E-state index is 12.5. The summed E-state index contributed by atoms with van der Waals surface area (Å²) in [5, 5.41) is 2.74. The third-order valence-corrected chi connectivity index (χ3v) is 7.07. The largest absolute Gasteiger partial charge is 0.462 e. The number of benzene rings is 1. The van der Waals surface area contributed by atoms with Crippen molar-refractivity contribution in [3.05, 3.63) is 27.7 Å². The number of hydrogen-bond acceptors (Lipinski definition) is 5. The summed E-state index contributed by atoms with van der Waals surface area (Å²) in [5.41, 5.74) is 2.67. The number of fused-ring (bicyclic) bond motifs is 1. The molecule has 2 bridgehead atoms. The van der Waals surface area contributed by atoms with E-state index in [2.05, 4.69) is 21.2 Å². The minimum absolute atomic E-state index is 0.0197. The van der Waals surface area contributed by atoms with E-state index in [1.165, 1.54) is 0 Å². The Labute approximate surface area is 159 Å². The molecule has 4 rings (SSSR count). The number of amides is 1. The zero-order valence-corrected chi connectivity index (χ0v) is 16.2. The van der Waals surface area contributed by atoms with Gasteiger partial charge < -0.3 is 14.8 Å². The molecule has 1 saturated heterocycles. The Balaban J connectivity index is 1.35. The summed E-state index contributed by atoms with van der Waals surface area (Å²) in [6.07, 6.45) is 1.55. The average molecular weight is 422 g/mol. The standard InChI is InChI=1S/C19H20BrNO5/c1-8-3-11(4-9(2)17(8)20)21-14(22)7-25-18(23)15-10-5-12-13(6-10)26-19(24)16(12)15/h3-4,10,12-13,15-16H,5-7H2,1-2H3,(H,21,22)/t10-,12+,13+,15-,16+/m1/s1. The van der Waals surface area contributed by atoms with E-state index in [1.54, 1.807) is 0 Å². The number of rotatable bonds is 4. The highest BCUT2D eigenvalue weighted by molar-refractivity contribution is 9.10. The highest BCUT2D eigenvalue weighted by Gasteiger charge is 2.64. The highest BCUT2D eigenvalue weighted by Crippen LogP contribution is 2.57. The monoisotopic (exact) mass is 421 g/mol. The van der Waals surface area contributed by atoms with Crippen LogP contribution < -0.4 is 5.32 Å². The number of carbonyl (C=O) groups excluding carboxylic acids is 3. The van der Waals surface area contributed by atoms with Crippen LogP contribution in [0.15, 0.2) is 16.6 Å². The molecular formula is C19H20BrNO5. The highest BCUT2D eigenvalue weighted by atomic mass is 79.9. The molecule has 0 radical (unpaired) electrons. The zero-order chi connectivity index (χ0) is 18.6. The molecule has 6 nitrogen and oxygen atoms in total. The molecule has 0 spiro atoms. The van der Waals surface area contributed by atoms with Crippen molar-refractivity contribution < 1.29 is 23.9 Å². The van der Waals surface area contributed by atoms with Gasteiger partial charge in [-0.05, 0) is 55.9 Å². The van der Waals surface area contributed by atoms with E-state index in [4.69, 9.17) is 9.47 Å². The van der Waals surface area contributed by atoms with Crippen LogP contribution in [0.3, 0.4) is 0 Å². The molecule has 26 heavy (non-hydrogen) atoms. The van der Waals surface area contributed by atoms with Crippen LogP contribution in [0.4, 0.5) is 5.69 Å². The van der Waals surface area contributed by atoms with Crippen LogP contribution in [0.5, 0.6) is 0 Å². The molecule has 1 N–H and O–H groups in total. The van der Waals surface area contributed by atoms with Gasteiger partial charge in [0.25, 0.3) is 5.91 Å². The number of esters is 2. The number of anilines is 1. The van der Waals surface area contributed by atoms with Crippen molar-refractivity contribution >= 4 is 39.5 Å². The fraction of sp³-hybridized carbons (Fsp3) is 0.526. The number of ether oxygens (including phenoxy) is 2.